The van der Waals surface area contributed by atoms with Crippen molar-refractivity contribution in [3.05, 3.63) is 35.0 Å². The summed E-state index contributed by atoms with van der Waals surface area (Å²) < 4.78 is 4.49. The Labute approximate surface area is 151 Å². The van der Waals surface area contributed by atoms with Crippen molar-refractivity contribution in [1.82, 2.24) is 20.1 Å². The first-order valence-corrected chi connectivity index (χ1v) is 8.46. The van der Waals surface area contributed by atoms with E-state index in [1.165, 1.54) is 5.56 Å². The molecule has 0 radical (unpaired) electrons. The molecule has 26 heavy (non-hydrogen) atoms. The largest absolute Gasteiger partial charge is 0.379 e. The van der Waals surface area contributed by atoms with Crippen LogP contribution in [0.5, 0.6) is 0 Å². The van der Waals surface area contributed by atoms with Gasteiger partial charge in [0.2, 0.25) is 11.5 Å². The summed E-state index contributed by atoms with van der Waals surface area (Å²) in [5, 5.41) is 9.89. The first kappa shape index (κ1) is 17.7. The lowest BCUT2D eigenvalue weighted by Gasteiger charge is -2.22. The van der Waals surface area contributed by atoms with E-state index in [4.69, 9.17) is 5.73 Å². The second-order valence-electron chi connectivity index (χ2n) is 6.36. The SMILES string of the molecule is Cc1ccc(NC(=O)N2CCCN(C(=O)c3nonc3N)CC2)cc1C. The van der Waals surface area contributed by atoms with E-state index in [-0.39, 0.29) is 23.5 Å². The minimum Gasteiger partial charge on any atom is -0.379 e. The number of nitrogens with two attached hydrogens (primary N) is 1. The number of aryl methyl sites for hydroxylation is 2. The number of anilines is 2. The van der Waals surface area contributed by atoms with Crippen LogP contribution in [0.25, 0.3) is 0 Å². The number of benzene rings is 1. The lowest BCUT2D eigenvalue weighted by Crippen LogP contribution is -2.39. The van der Waals surface area contributed by atoms with Crippen LogP contribution in [0.15, 0.2) is 22.8 Å². The highest BCUT2D eigenvalue weighted by Crippen LogP contribution is 2.16. The summed E-state index contributed by atoms with van der Waals surface area (Å²) in [4.78, 5) is 28.3. The number of carbonyl (C=O) groups is 2. The normalized spacial score (nSPS) is 14.8. The van der Waals surface area contributed by atoms with Gasteiger partial charge >= 0.3 is 6.03 Å². The fraction of sp³-hybridized carbons (Fsp3) is 0.412. The monoisotopic (exact) mass is 358 g/mol. The van der Waals surface area contributed by atoms with Crippen molar-refractivity contribution in [3.8, 4) is 0 Å². The summed E-state index contributed by atoms with van der Waals surface area (Å²) >= 11 is 0. The zero-order valence-electron chi connectivity index (χ0n) is 14.9. The topological polar surface area (TPSA) is 118 Å². The number of rotatable bonds is 2. The first-order valence-electron chi connectivity index (χ1n) is 8.46. The Morgan fingerprint density at radius 1 is 1.08 bits per heavy atom. The van der Waals surface area contributed by atoms with Gasteiger partial charge in [0.05, 0.1) is 0 Å². The van der Waals surface area contributed by atoms with Gasteiger partial charge in [-0.05, 0) is 53.8 Å². The average molecular weight is 358 g/mol. The minimum absolute atomic E-state index is 0.0121. The Morgan fingerprint density at radius 2 is 1.81 bits per heavy atom. The molecule has 1 aliphatic rings. The van der Waals surface area contributed by atoms with Crippen LogP contribution in [-0.2, 0) is 0 Å². The third kappa shape index (κ3) is 3.76. The molecule has 3 amide bonds. The van der Waals surface area contributed by atoms with E-state index in [1.54, 1.807) is 9.80 Å². The molecule has 2 heterocycles. The number of aromatic nitrogens is 2. The van der Waals surface area contributed by atoms with Crippen LogP contribution in [-0.4, -0.2) is 58.2 Å². The molecule has 3 N–H and O–H groups in total. The molecule has 3 rings (SSSR count). The van der Waals surface area contributed by atoms with Crippen LogP contribution in [0, 0.1) is 13.8 Å². The van der Waals surface area contributed by atoms with Crippen molar-refractivity contribution < 1.29 is 14.2 Å². The Kier molecular flexibility index (Phi) is 5.06. The van der Waals surface area contributed by atoms with Gasteiger partial charge in [0.1, 0.15) is 0 Å². The van der Waals surface area contributed by atoms with E-state index < -0.39 is 0 Å². The molecule has 1 aromatic carbocycles. The summed E-state index contributed by atoms with van der Waals surface area (Å²) in [5.74, 6) is -0.358. The summed E-state index contributed by atoms with van der Waals surface area (Å²) in [6, 6.07) is 5.63. The van der Waals surface area contributed by atoms with Gasteiger partial charge in [0.15, 0.2) is 0 Å². The Balaban J connectivity index is 1.61. The van der Waals surface area contributed by atoms with Crippen molar-refractivity contribution in [3.63, 3.8) is 0 Å². The second kappa shape index (κ2) is 7.42. The highest BCUT2D eigenvalue weighted by molar-refractivity contribution is 5.96. The van der Waals surface area contributed by atoms with Gasteiger partial charge in [-0.15, -0.1) is 0 Å². The number of hydrogen-bond donors (Lipinski definition) is 2. The first-order chi connectivity index (χ1) is 12.5. The van der Waals surface area contributed by atoms with Crippen molar-refractivity contribution >= 4 is 23.4 Å². The maximum absolute atomic E-state index is 12.5. The van der Waals surface area contributed by atoms with Gasteiger partial charge in [-0.3, -0.25) is 4.79 Å². The van der Waals surface area contributed by atoms with E-state index >= 15 is 0 Å². The number of amides is 3. The average Bonchev–Trinajstić information content (AvgIpc) is 2.89. The molecule has 0 atom stereocenters. The van der Waals surface area contributed by atoms with Gasteiger partial charge < -0.3 is 20.9 Å². The number of hydrogen-bond acceptors (Lipinski definition) is 6. The van der Waals surface area contributed by atoms with Crippen LogP contribution in [0.2, 0.25) is 0 Å². The smallest absolute Gasteiger partial charge is 0.321 e. The van der Waals surface area contributed by atoms with E-state index in [2.05, 4.69) is 20.3 Å². The molecule has 0 bridgehead atoms. The molecule has 0 spiro atoms. The second-order valence-corrected chi connectivity index (χ2v) is 6.36. The Morgan fingerprint density at radius 3 is 2.50 bits per heavy atom. The quantitative estimate of drug-likeness (QED) is 0.843. The molecular weight excluding hydrogens is 336 g/mol. The predicted octanol–water partition coefficient (Wildman–Crippen LogP) is 1.65. The van der Waals surface area contributed by atoms with Crippen LogP contribution >= 0.6 is 0 Å². The van der Waals surface area contributed by atoms with E-state index in [0.717, 1.165) is 11.3 Å². The molecule has 9 heteroatoms. The molecule has 0 unspecified atom stereocenters. The number of nitrogens with one attached hydrogen (secondary N) is 1. The van der Waals surface area contributed by atoms with E-state index in [1.807, 2.05) is 32.0 Å². The zero-order chi connectivity index (χ0) is 18.7. The number of nitrogen functional groups attached to an aromatic ring is 1. The van der Waals surface area contributed by atoms with Crippen molar-refractivity contribution in [2.45, 2.75) is 20.3 Å². The van der Waals surface area contributed by atoms with Crippen molar-refractivity contribution in [1.29, 1.82) is 0 Å². The summed E-state index contributed by atoms with van der Waals surface area (Å²) in [5.41, 5.74) is 8.65. The van der Waals surface area contributed by atoms with Gasteiger partial charge in [0, 0.05) is 31.9 Å². The molecule has 0 aliphatic carbocycles. The van der Waals surface area contributed by atoms with E-state index in [0.29, 0.717) is 32.6 Å². The summed E-state index contributed by atoms with van der Waals surface area (Å²) in [6.45, 7) is 5.92. The highest BCUT2D eigenvalue weighted by Gasteiger charge is 2.26. The molecule has 1 saturated heterocycles. The van der Waals surface area contributed by atoms with Gasteiger partial charge in [-0.2, -0.15) is 0 Å². The third-order valence-corrected chi connectivity index (χ3v) is 4.54. The van der Waals surface area contributed by atoms with Gasteiger partial charge in [-0.25, -0.2) is 9.42 Å². The lowest BCUT2D eigenvalue weighted by molar-refractivity contribution is 0.0752. The number of urea groups is 1. The summed E-state index contributed by atoms with van der Waals surface area (Å²) in [6.07, 6.45) is 0.664. The van der Waals surface area contributed by atoms with Crippen LogP contribution in [0.4, 0.5) is 16.3 Å². The number of carbonyl (C=O) groups excluding carboxylic acids is 2. The fourth-order valence-electron chi connectivity index (χ4n) is 2.84. The maximum atomic E-state index is 12.5. The minimum atomic E-state index is -0.333. The van der Waals surface area contributed by atoms with Crippen LogP contribution in [0.3, 0.4) is 0 Å². The van der Waals surface area contributed by atoms with Gasteiger partial charge in [0.25, 0.3) is 5.91 Å². The molecular formula is C17H22N6O3. The molecule has 1 aromatic heterocycles. The van der Waals surface area contributed by atoms with E-state index in [9.17, 15) is 9.59 Å². The zero-order valence-corrected chi connectivity index (χ0v) is 14.9. The molecule has 2 aromatic rings. The summed E-state index contributed by atoms with van der Waals surface area (Å²) in [7, 11) is 0. The molecule has 9 nitrogen and oxygen atoms in total. The number of nitrogens with zero attached hydrogens (tertiary/aromatic N) is 4. The van der Waals surface area contributed by atoms with Crippen molar-refractivity contribution in [2.24, 2.45) is 0 Å². The standard InChI is InChI=1S/C17H22N6O3/c1-11-4-5-13(10-12(11)2)19-17(25)23-7-3-6-22(8-9-23)16(24)14-15(18)21-26-20-14/h4-5,10H,3,6-9H2,1-2H3,(H2,18,21)(H,19,25). The highest BCUT2D eigenvalue weighted by atomic mass is 16.6. The van der Waals surface area contributed by atoms with Crippen LogP contribution < -0.4 is 11.1 Å². The van der Waals surface area contributed by atoms with Crippen molar-refractivity contribution in [2.75, 3.05) is 37.2 Å². The molecule has 0 saturated carbocycles. The predicted molar refractivity (Wildman–Crippen MR) is 95.7 cm³/mol. The Hall–Kier alpha value is -3.10. The molecule has 1 aliphatic heterocycles. The third-order valence-electron chi connectivity index (χ3n) is 4.54. The Bertz CT molecular complexity index is 819. The molecule has 138 valence electrons. The fourth-order valence-corrected chi connectivity index (χ4v) is 2.84. The lowest BCUT2D eigenvalue weighted by atomic mass is 10.1. The maximum Gasteiger partial charge on any atom is 0.321 e. The van der Waals surface area contributed by atoms with Crippen LogP contribution in [0.1, 0.15) is 28.0 Å². The molecule has 1 fully saturated rings. The van der Waals surface area contributed by atoms with Gasteiger partial charge in [-0.1, -0.05) is 6.07 Å².